The second-order valence-corrected chi connectivity index (χ2v) is 7.42. The number of aromatic nitrogens is 3. The fraction of sp³-hybridized carbons (Fsp3) is 0.611. The fourth-order valence-electron chi connectivity index (χ4n) is 2.31. The van der Waals surface area contributed by atoms with Gasteiger partial charge >= 0.3 is 0 Å². The van der Waals surface area contributed by atoms with Crippen LogP contribution in [-0.4, -0.2) is 33.7 Å². The highest BCUT2D eigenvalue weighted by molar-refractivity contribution is 14.0. The third kappa shape index (κ3) is 7.76. The summed E-state index contributed by atoms with van der Waals surface area (Å²) >= 11 is 0. The van der Waals surface area contributed by atoms with Crippen molar-refractivity contribution in [1.82, 2.24) is 25.8 Å². The summed E-state index contributed by atoms with van der Waals surface area (Å²) in [5.41, 5.74) is 0.341. The van der Waals surface area contributed by atoms with Crippen LogP contribution in [0.4, 0.5) is 0 Å². The smallest absolute Gasteiger partial charge is 0.216 e. The van der Waals surface area contributed by atoms with Crippen molar-refractivity contribution in [1.29, 1.82) is 0 Å². The van der Waals surface area contributed by atoms with Crippen molar-refractivity contribution in [2.45, 2.75) is 60.0 Å². The van der Waals surface area contributed by atoms with Gasteiger partial charge in [0.25, 0.3) is 0 Å². The Kier molecular flexibility index (Phi) is 9.11. The minimum Gasteiger partial charge on any atom is -0.461 e. The van der Waals surface area contributed by atoms with Crippen molar-refractivity contribution >= 4 is 29.9 Å². The molecule has 0 bridgehead atoms. The molecule has 26 heavy (non-hydrogen) atoms. The molecule has 0 aromatic carbocycles. The van der Waals surface area contributed by atoms with Gasteiger partial charge in [0.2, 0.25) is 5.82 Å². The predicted octanol–water partition coefficient (Wildman–Crippen LogP) is 3.95. The first kappa shape index (κ1) is 22.5. The molecule has 0 spiro atoms. The molecule has 0 aliphatic carbocycles. The van der Waals surface area contributed by atoms with E-state index < -0.39 is 0 Å². The Bertz CT molecular complexity index is 660. The molecular weight excluding hydrogens is 443 g/mol. The lowest BCUT2D eigenvalue weighted by molar-refractivity contribution is 0.346. The van der Waals surface area contributed by atoms with Gasteiger partial charge in [-0.3, -0.25) is 5.10 Å². The molecule has 1 atom stereocenters. The number of H-pyrrole nitrogens is 1. The third-order valence-corrected chi connectivity index (χ3v) is 3.71. The average Bonchev–Trinajstić information content (AvgIpc) is 3.21. The Balaban J connectivity index is 0.00000338. The number of nitrogens with zero attached hydrogens (tertiary/aromatic N) is 3. The Morgan fingerprint density at radius 2 is 2.15 bits per heavy atom. The van der Waals surface area contributed by atoms with Gasteiger partial charge in [0.1, 0.15) is 12.4 Å². The summed E-state index contributed by atoms with van der Waals surface area (Å²) in [6.07, 6.45) is 3.86. The molecule has 1 unspecified atom stereocenters. The molecule has 0 aliphatic heterocycles. The van der Waals surface area contributed by atoms with Gasteiger partial charge in [-0.05, 0) is 44.2 Å². The molecule has 0 amide bonds. The van der Waals surface area contributed by atoms with Crippen LogP contribution >= 0.6 is 24.0 Å². The minimum atomic E-state index is 0. The maximum atomic E-state index is 5.30. The van der Waals surface area contributed by atoms with Gasteiger partial charge in [-0.1, -0.05) is 20.8 Å². The molecule has 0 aliphatic rings. The van der Waals surface area contributed by atoms with E-state index >= 15 is 0 Å². The molecule has 0 radical (unpaired) electrons. The van der Waals surface area contributed by atoms with Gasteiger partial charge in [-0.15, -0.1) is 29.1 Å². The summed E-state index contributed by atoms with van der Waals surface area (Å²) in [6, 6.07) is 4.00. The van der Waals surface area contributed by atoms with Crippen LogP contribution in [0.15, 0.2) is 27.8 Å². The van der Waals surface area contributed by atoms with E-state index in [0.717, 1.165) is 25.3 Å². The van der Waals surface area contributed by atoms with Gasteiger partial charge in [0.05, 0.1) is 6.26 Å². The zero-order valence-electron chi connectivity index (χ0n) is 16.3. The van der Waals surface area contributed by atoms with E-state index in [1.54, 1.807) is 6.26 Å². The van der Waals surface area contributed by atoms with Crippen LogP contribution in [0.1, 0.15) is 53.3 Å². The van der Waals surface area contributed by atoms with E-state index in [9.17, 15) is 0 Å². The fourth-order valence-corrected chi connectivity index (χ4v) is 2.31. The Labute approximate surface area is 172 Å². The number of aromatic amines is 1. The monoisotopic (exact) mass is 474 g/mol. The summed E-state index contributed by atoms with van der Waals surface area (Å²) in [4.78, 5) is 9.00. The Hall–Kier alpha value is -1.58. The third-order valence-electron chi connectivity index (χ3n) is 3.71. The van der Waals surface area contributed by atoms with Crippen molar-refractivity contribution in [3.8, 4) is 11.6 Å². The molecule has 7 nitrogen and oxygen atoms in total. The molecule has 0 fully saturated rings. The number of rotatable bonds is 7. The number of guanidine groups is 1. The lowest BCUT2D eigenvalue weighted by Crippen LogP contribution is -2.42. The van der Waals surface area contributed by atoms with E-state index in [1.807, 2.05) is 12.1 Å². The summed E-state index contributed by atoms with van der Waals surface area (Å²) in [7, 11) is 0. The Morgan fingerprint density at radius 1 is 1.38 bits per heavy atom. The average molecular weight is 474 g/mol. The van der Waals surface area contributed by atoms with E-state index in [2.05, 4.69) is 65.4 Å². The second kappa shape index (κ2) is 10.5. The van der Waals surface area contributed by atoms with Gasteiger partial charge in [0, 0.05) is 12.6 Å². The molecule has 2 heterocycles. The minimum absolute atomic E-state index is 0. The first-order valence-electron chi connectivity index (χ1n) is 8.87. The molecule has 0 saturated heterocycles. The zero-order chi connectivity index (χ0) is 18.3. The second-order valence-electron chi connectivity index (χ2n) is 7.42. The number of furan rings is 1. The van der Waals surface area contributed by atoms with Crippen LogP contribution in [-0.2, 0) is 6.54 Å². The van der Waals surface area contributed by atoms with Crippen LogP contribution in [0, 0.1) is 5.41 Å². The maximum Gasteiger partial charge on any atom is 0.216 e. The molecule has 3 N–H and O–H groups in total. The lowest BCUT2D eigenvalue weighted by Gasteiger charge is -2.23. The van der Waals surface area contributed by atoms with Crippen molar-refractivity contribution in [3.63, 3.8) is 0 Å². The van der Waals surface area contributed by atoms with Crippen molar-refractivity contribution in [2.24, 2.45) is 10.4 Å². The van der Waals surface area contributed by atoms with Crippen LogP contribution in [0.3, 0.4) is 0 Å². The lowest BCUT2D eigenvalue weighted by atomic mass is 9.89. The van der Waals surface area contributed by atoms with Crippen LogP contribution in [0.5, 0.6) is 0 Å². The van der Waals surface area contributed by atoms with Crippen molar-refractivity contribution < 1.29 is 4.42 Å². The molecule has 2 rings (SSSR count). The van der Waals surface area contributed by atoms with Gasteiger partial charge in [-0.25, -0.2) is 9.98 Å². The summed E-state index contributed by atoms with van der Waals surface area (Å²) in [5, 5.41) is 13.8. The first-order valence-corrected chi connectivity index (χ1v) is 8.87. The van der Waals surface area contributed by atoms with Crippen LogP contribution in [0.2, 0.25) is 0 Å². The molecule has 146 valence electrons. The van der Waals surface area contributed by atoms with Crippen molar-refractivity contribution in [3.05, 3.63) is 24.2 Å². The van der Waals surface area contributed by atoms with E-state index in [4.69, 9.17) is 4.42 Å². The van der Waals surface area contributed by atoms with Crippen LogP contribution in [0.25, 0.3) is 11.6 Å². The first-order chi connectivity index (χ1) is 11.9. The number of nitrogens with one attached hydrogen (secondary N) is 3. The van der Waals surface area contributed by atoms with E-state index in [0.29, 0.717) is 35.4 Å². The number of hydrogen-bond acceptors (Lipinski definition) is 4. The molecule has 2 aromatic heterocycles. The standard InChI is InChI=1S/C18H30N6O.HI/c1-6-19-17(21-13(2)9-10-18(3,4)5)20-12-15-22-16(24-23-15)14-8-7-11-25-14;/h7-8,11,13H,6,9-10,12H2,1-5H3,(H2,19,20,21)(H,22,23,24);1H. The van der Waals surface area contributed by atoms with E-state index in [1.165, 1.54) is 0 Å². The number of hydrogen-bond donors (Lipinski definition) is 3. The van der Waals surface area contributed by atoms with Gasteiger partial charge in [0.15, 0.2) is 11.7 Å². The number of aliphatic imine (C=N–C) groups is 1. The SMILES string of the molecule is CCNC(=NCc1nc(-c2ccco2)n[nH]1)NC(C)CCC(C)(C)C.I. The largest absolute Gasteiger partial charge is 0.461 e. The van der Waals surface area contributed by atoms with E-state index in [-0.39, 0.29) is 24.0 Å². The van der Waals surface area contributed by atoms with Gasteiger partial charge in [-0.2, -0.15) is 0 Å². The summed E-state index contributed by atoms with van der Waals surface area (Å²) < 4.78 is 5.30. The highest BCUT2D eigenvalue weighted by Gasteiger charge is 2.13. The molecule has 8 heteroatoms. The van der Waals surface area contributed by atoms with Gasteiger partial charge < -0.3 is 15.1 Å². The summed E-state index contributed by atoms with van der Waals surface area (Å²) in [6.45, 7) is 12.3. The Morgan fingerprint density at radius 3 is 2.77 bits per heavy atom. The highest BCUT2D eigenvalue weighted by Crippen LogP contribution is 2.21. The highest BCUT2D eigenvalue weighted by atomic mass is 127. The molecular formula is C18H31IN6O. The predicted molar refractivity (Wildman–Crippen MR) is 116 cm³/mol. The van der Waals surface area contributed by atoms with Crippen LogP contribution < -0.4 is 10.6 Å². The maximum absolute atomic E-state index is 5.30. The number of halogens is 1. The topological polar surface area (TPSA) is 91.1 Å². The summed E-state index contributed by atoms with van der Waals surface area (Å²) in [5.74, 6) is 2.69. The molecule has 2 aromatic rings. The quantitative estimate of drug-likeness (QED) is 0.321. The zero-order valence-corrected chi connectivity index (χ0v) is 18.6. The van der Waals surface area contributed by atoms with Crippen molar-refractivity contribution in [2.75, 3.05) is 6.54 Å². The molecule has 0 saturated carbocycles. The normalized spacial score (nSPS) is 13.2.